The first-order valence-electron chi connectivity index (χ1n) is 13.5. The van der Waals surface area contributed by atoms with Gasteiger partial charge < -0.3 is 9.64 Å². The Hall–Kier alpha value is -2.77. The Kier molecular flexibility index (Phi) is 8.62. The molecule has 2 aromatic heterocycles. The van der Waals surface area contributed by atoms with E-state index in [9.17, 15) is 21.6 Å². The molecule has 216 valence electrons. The number of nitrogens with zero attached hydrogens (tertiary/aromatic N) is 5. The molecule has 2 aliphatic heterocycles. The van der Waals surface area contributed by atoms with Crippen molar-refractivity contribution in [2.75, 3.05) is 36.8 Å². The smallest absolute Gasteiger partial charge is 0.390 e. The number of anilines is 1. The number of halogens is 3. The number of sulfonamides is 1. The highest BCUT2D eigenvalue weighted by atomic mass is 32.2. The van der Waals surface area contributed by atoms with Gasteiger partial charge in [-0.25, -0.2) is 23.4 Å². The molecule has 0 N–H and O–H groups in total. The van der Waals surface area contributed by atoms with Crippen LogP contribution in [0.3, 0.4) is 0 Å². The number of aryl methyl sites for hydroxylation is 1. The van der Waals surface area contributed by atoms with E-state index in [1.165, 1.54) is 11.3 Å². The summed E-state index contributed by atoms with van der Waals surface area (Å²) in [5.74, 6) is -0.168. The maximum absolute atomic E-state index is 12.5. The number of hydrogen-bond donors (Lipinski definition) is 0. The number of piperidine rings is 1. The minimum atomic E-state index is -4.50. The average Bonchev–Trinajstić information content (AvgIpc) is 3.34. The Balaban J connectivity index is 1.17. The first kappa shape index (κ1) is 28.7. The van der Waals surface area contributed by atoms with Crippen molar-refractivity contribution in [1.29, 1.82) is 0 Å². The lowest BCUT2D eigenvalue weighted by Crippen LogP contribution is -2.39. The number of rotatable bonds is 9. The highest BCUT2D eigenvalue weighted by molar-refractivity contribution is 7.89. The first-order chi connectivity index (χ1) is 19.1. The molecule has 3 aromatic rings. The maximum atomic E-state index is 12.5. The summed E-state index contributed by atoms with van der Waals surface area (Å²) in [6.45, 7) is 3.98. The number of thiazole rings is 1. The molecule has 2 aliphatic rings. The highest BCUT2D eigenvalue weighted by Crippen LogP contribution is 2.34. The lowest BCUT2D eigenvalue weighted by Gasteiger charge is -2.31. The van der Waals surface area contributed by atoms with Gasteiger partial charge in [-0.3, -0.25) is 0 Å². The van der Waals surface area contributed by atoms with E-state index < -0.39 is 28.4 Å². The van der Waals surface area contributed by atoms with Gasteiger partial charge in [-0.2, -0.15) is 17.5 Å². The first-order valence-corrected chi connectivity index (χ1v) is 15.9. The standard InChI is InChI=1S/C27H32F3N5O3S2/c1-2-3-19-17-31-25(32-18-19)34-11-8-22(9-12-34)38-26-33-23-5-4-21(16-24(23)39-26)20-6-13-35(14-7-20)40(36,37)15-10-27(28,29)30/h4-6,16-18,22H,2-3,7-15H2,1H3. The van der Waals surface area contributed by atoms with Gasteiger partial charge in [0.25, 0.3) is 5.19 Å². The molecule has 0 bridgehead atoms. The van der Waals surface area contributed by atoms with E-state index in [1.54, 1.807) is 6.08 Å². The van der Waals surface area contributed by atoms with E-state index in [0.717, 1.165) is 75.9 Å². The molecule has 0 spiro atoms. The van der Waals surface area contributed by atoms with E-state index in [0.29, 0.717) is 11.6 Å². The van der Waals surface area contributed by atoms with Crippen LogP contribution in [0.25, 0.3) is 15.8 Å². The molecule has 8 nitrogen and oxygen atoms in total. The molecular formula is C27H32F3N5O3S2. The zero-order chi connectivity index (χ0) is 28.3. The number of aromatic nitrogens is 3. The Morgan fingerprint density at radius 3 is 2.52 bits per heavy atom. The Morgan fingerprint density at radius 1 is 1.12 bits per heavy atom. The van der Waals surface area contributed by atoms with Crippen LogP contribution in [0.4, 0.5) is 19.1 Å². The number of hydrogen-bond acceptors (Lipinski definition) is 8. The quantitative estimate of drug-likeness (QED) is 0.325. The number of fused-ring (bicyclic) bond motifs is 1. The molecule has 0 radical (unpaired) electrons. The number of ether oxygens (including phenoxy) is 1. The van der Waals surface area contributed by atoms with Crippen molar-refractivity contribution in [3.8, 4) is 5.19 Å². The second kappa shape index (κ2) is 12.0. The molecule has 5 rings (SSSR count). The van der Waals surface area contributed by atoms with Gasteiger partial charge in [-0.1, -0.05) is 36.8 Å². The van der Waals surface area contributed by atoms with Gasteiger partial charge in [0.1, 0.15) is 6.10 Å². The van der Waals surface area contributed by atoms with Gasteiger partial charge in [0.05, 0.1) is 22.4 Å². The summed E-state index contributed by atoms with van der Waals surface area (Å²) in [6.07, 6.45) is 3.99. The minimum absolute atomic E-state index is 0.0574. The molecule has 0 saturated carbocycles. The van der Waals surface area contributed by atoms with Crippen molar-refractivity contribution in [2.45, 2.75) is 57.7 Å². The summed E-state index contributed by atoms with van der Waals surface area (Å²) in [4.78, 5) is 15.9. The summed E-state index contributed by atoms with van der Waals surface area (Å²) >= 11 is 1.47. The fourth-order valence-corrected chi connectivity index (χ4v) is 7.28. The predicted molar refractivity (Wildman–Crippen MR) is 150 cm³/mol. The molecular weight excluding hydrogens is 563 g/mol. The average molecular weight is 596 g/mol. The van der Waals surface area contributed by atoms with Crippen molar-refractivity contribution >= 4 is 43.1 Å². The van der Waals surface area contributed by atoms with Crippen molar-refractivity contribution in [1.82, 2.24) is 19.3 Å². The fourth-order valence-electron chi connectivity index (χ4n) is 4.94. The van der Waals surface area contributed by atoms with Crippen LogP contribution < -0.4 is 9.64 Å². The van der Waals surface area contributed by atoms with Gasteiger partial charge in [-0.05, 0) is 41.7 Å². The van der Waals surface area contributed by atoms with Crippen LogP contribution in [0.1, 0.15) is 50.2 Å². The van der Waals surface area contributed by atoms with Gasteiger partial charge in [-0.15, -0.1) is 0 Å². The molecule has 4 heterocycles. The van der Waals surface area contributed by atoms with Gasteiger partial charge >= 0.3 is 6.18 Å². The van der Waals surface area contributed by atoms with E-state index in [1.807, 2.05) is 30.6 Å². The third-order valence-corrected chi connectivity index (χ3v) is 9.92. The normalized spacial score (nSPS) is 17.8. The summed E-state index contributed by atoms with van der Waals surface area (Å²) in [6, 6.07) is 5.88. The third-order valence-electron chi connectivity index (χ3n) is 7.17. The highest BCUT2D eigenvalue weighted by Gasteiger charge is 2.33. The van der Waals surface area contributed by atoms with E-state index in [2.05, 4.69) is 26.8 Å². The van der Waals surface area contributed by atoms with Gasteiger partial charge in [0.15, 0.2) is 0 Å². The molecule has 13 heteroatoms. The topological polar surface area (TPSA) is 88.5 Å². The molecule has 1 saturated heterocycles. The monoisotopic (exact) mass is 595 g/mol. The Bertz CT molecular complexity index is 1450. The van der Waals surface area contributed by atoms with E-state index in [4.69, 9.17) is 4.74 Å². The lowest BCUT2D eigenvalue weighted by atomic mass is 10.0. The van der Waals surface area contributed by atoms with E-state index in [-0.39, 0.29) is 19.2 Å². The summed E-state index contributed by atoms with van der Waals surface area (Å²) in [5, 5.41) is 0.616. The van der Waals surface area contributed by atoms with Crippen molar-refractivity contribution in [2.24, 2.45) is 0 Å². The van der Waals surface area contributed by atoms with Crippen molar-refractivity contribution in [3.63, 3.8) is 0 Å². The molecule has 0 atom stereocenters. The second-order valence-electron chi connectivity index (χ2n) is 10.1. The third kappa shape index (κ3) is 7.10. The SMILES string of the molecule is CCCc1cnc(N2CCC(Oc3nc4ccc(C5=CCN(S(=O)(=O)CCC(F)(F)F)CC5)cc4s3)CC2)nc1. The Morgan fingerprint density at radius 2 is 1.88 bits per heavy atom. The summed E-state index contributed by atoms with van der Waals surface area (Å²) < 4.78 is 70.4. The zero-order valence-corrected chi connectivity index (χ0v) is 23.9. The number of alkyl halides is 3. The van der Waals surface area contributed by atoms with Gasteiger partial charge in [0, 0.05) is 51.4 Å². The lowest BCUT2D eigenvalue weighted by molar-refractivity contribution is -0.130. The number of benzene rings is 1. The van der Waals surface area contributed by atoms with Crippen molar-refractivity contribution in [3.05, 3.63) is 47.8 Å². The molecule has 0 amide bonds. The summed E-state index contributed by atoms with van der Waals surface area (Å²) in [5.41, 5.74) is 3.90. The zero-order valence-electron chi connectivity index (χ0n) is 22.2. The van der Waals surface area contributed by atoms with Crippen LogP contribution in [0.2, 0.25) is 0 Å². The molecule has 1 fully saturated rings. The molecule has 0 aliphatic carbocycles. The van der Waals surface area contributed by atoms with Crippen LogP contribution in [0, 0.1) is 0 Å². The minimum Gasteiger partial charge on any atom is -0.467 e. The second-order valence-corrected chi connectivity index (χ2v) is 13.2. The molecule has 0 unspecified atom stereocenters. The fraction of sp³-hybridized carbons (Fsp3) is 0.519. The van der Waals surface area contributed by atoms with Crippen LogP contribution in [-0.2, 0) is 16.4 Å². The summed E-state index contributed by atoms with van der Waals surface area (Å²) in [7, 11) is -3.96. The van der Waals surface area contributed by atoms with Gasteiger partial charge in [0.2, 0.25) is 16.0 Å². The van der Waals surface area contributed by atoms with Crippen LogP contribution in [0.15, 0.2) is 36.7 Å². The molecule has 40 heavy (non-hydrogen) atoms. The van der Waals surface area contributed by atoms with Crippen LogP contribution in [0.5, 0.6) is 5.19 Å². The van der Waals surface area contributed by atoms with Crippen LogP contribution >= 0.6 is 11.3 Å². The molecule has 1 aromatic carbocycles. The van der Waals surface area contributed by atoms with Crippen LogP contribution in [-0.4, -0.2) is 71.9 Å². The maximum Gasteiger partial charge on any atom is 0.390 e. The largest absolute Gasteiger partial charge is 0.467 e. The van der Waals surface area contributed by atoms with Crippen molar-refractivity contribution < 1.29 is 26.3 Å². The predicted octanol–water partition coefficient (Wildman–Crippen LogP) is 5.46. The van der Waals surface area contributed by atoms with E-state index >= 15 is 0 Å². The Labute approximate surface area is 235 Å².